The van der Waals surface area contributed by atoms with E-state index in [0.29, 0.717) is 5.96 Å². The van der Waals surface area contributed by atoms with Gasteiger partial charge in [0, 0.05) is 36.3 Å². The number of nitrogens with zero attached hydrogens (tertiary/aromatic N) is 3. The minimum atomic E-state index is 0.634. The van der Waals surface area contributed by atoms with E-state index in [-0.39, 0.29) is 0 Å². The number of ether oxygens (including phenoxy) is 1. The third-order valence-corrected chi connectivity index (χ3v) is 5.44. The summed E-state index contributed by atoms with van der Waals surface area (Å²) >= 11 is 3.47. The molecule has 0 saturated carbocycles. The molecular formula is C15H20N4OS2. The smallest absolute Gasteiger partial charge is 0.191 e. The highest BCUT2D eigenvalue weighted by Gasteiger charge is 2.12. The maximum atomic E-state index is 6.03. The molecular weight excluding hydrogens is 316 g/mol. The summed E-state index contributed by atoms with van der Waals surface area (Å²) in [5.74, 6) is 0.634. The highest BCUT2D eigenvalue weighted by atomic mass is 32.1. The van der Waals surface area contributed by atoms with E-state index >= 15 is 0 Å². The van der Waals surface area contributed by atoms with Crippen LogP contribution in [0.2, 0.25) is 0 Å². The number of morpholine rings is 1. The molecule has 2 aromatic heterocycles. The van der Waals surface area contributed by atoms with E-state index in [1.54, 1.807) is 22.7 Å². The number of nitrogens with two attached hydrogens (primary N) is 1. The van der Waals surface area contributed by atoms with Crippen molar-refractivity contribution in [3.05, 3.63) is 27.4 Å². The first-order chi connectivity index (χ1) is 10.7. The first kappa shape index (κ1) is 15.5. The highest BCUT2D eigenvalue weighted by Crippen LogP contribution is 2.29. The van der Waals surface area contributed by atoms with Gasteiger partial charge >= 0.3 is 0 Å². The molecule has 3 rings (SSSR count). The quantitative estimate of drug-likeness (QED) is 0.688. The van der Waals surface area contributed by atoms with Crippen LogP contribution in [0.5, 0.6) is 0 Å². The Morgan fingerprint density at radius 1 is 1.41 bits per heavy atom. The van der Waals surface area contributed by atoms with E-state index in [9.17, 15) is 0 Å². The summed E-state index contributed by atoms with van der Waals surface area (Å²) in [4.78, 5) is 13.6. The lowest BCUT2D eigenvalue weighted by atomic mass is 10.3. The number of thiophene rings is 1. The molecule has 1 aliphatic rings. The van der Waals surface area contributed by atoms with Gasteiger partial charge in [0.25, 0.3) is 0 Å². The third kappa shape index (κ3) is 3.85. The van der Waals surface area contributed by atoms with Crippen molar-refractivity contribution in [2.75, 3.05) is 32.8 Å². The standard InChI is InChI=1S/C15H20N4OS2/c1-11-18-13(10-21-11)14-3-2-12(22-14)4-5-17-15(16)19-6-8-20-9-7-19/h2-3,10H,4-9H2,1H3,(H2,16,17). The minimum Gasteiger partial charge on any atom is -0.378 e. The zero-order valence-electron chi connectivity index (χ0n) is 12.6. The normalized spacial score (nSPS) is 16.2. The molecule has 0 radical (unpaired) electrons. The SMILES string of the molecule is Cc1nc(-c2ccc(CCN=C(N)N3CCOCC3)s2)cs1. The van der Waals surface area contributed by atoms with Gasteiger partial charge in [-0.15, -0.1) is 22.7 Å². The average Bonchev–Trinajstić information content (AvgIpc) is 3.17. The number of rotatable bonds is 4. The first-order valence-electron chi connectivity index (χ1n) is 7.36. The van der Waals surface area contributed by atoms with Crippen LogP contribution in [0.1, 0.15) is 9.88 Å². The van der Waals surface area contributed by atoms with Crippen LogP contribution >= 0.6 is 22.7 Å². The Labute approximate surface area is 138 Å². The number of guanidine groups is 1. The third-order valence-electron chi connectivity index (χ3n) is 3.50. The summed E-state index contributed by atoms with van der Waals surface area (Å²) in [5, 5.41) is 3.22. The minimum absolute atomic E-state index is 0.634. The number of aryl methyl sites for hydroxylation is 1. The van der Waals surface area contributed by atoms with E-state index in [1.807, 2.05) is 6.92 Å². The number of hydrogen-bond donors (Lipinski definition) is 1. The van der Waals surface area contributed by atoms with E-state index in [2.05, 4.69) is 32.4 Å². The molecule has 1 aliphatic heterocycles. The van der Waals surface area contributed by atoms with Crippen LogP contribution in [0.4, 0.5) is 0 Å². The number of aromatic nitrogens is 1. The molecule has 0 bridgehead atoms. The van der Waals surface area contributed by atoms with Crippen molar-refractivity contribution in [1.29, 1.82) is 0 Å². The number of hydrogen-bond acceptors (Lipinski definition) is 5. The van der Waals surface area contributed by atoms with E-state index in [4.69, 9.17) is 10.5 Å². The van der Waals surface area contributed by atoms with Gasteiger partial charge in [-0.05, 0) is 19.1 Å². The van der Waals surface area contributed by atoms with Gasteiger partial charge in [-0.3, -0.25) is 4.99 Å². The Kier molecular flexibility index (Phi) is 5.07. The van der Waals surface area contributed by atoms with E-state index in [1.165, 1.54) is 9.75 Å². The summed E-state index contributed by atoms with van der Waals surface area (Å²) in [6.07, 6.45) is 0.916. The molecule has 0 spiro atoms. The molecule has 0 atom stereocenters. The second kappa shape index (κ2) is 7.21. The number of aliphatic imine (C=N–C) groups is 1. The van der Waals surface area contributed by atoms with Gasteiger partial charge in [0.05, 0.1) is 28.8 Å². The van der Waals surface area contributed by atoms with Crippen LogP contribution in [0.25, 0.3) is 10.6 Å². The van der Waals surface area contributed by atoms with Crippen molar-refractivity contribution >= 4 is 28.6 Å². The lowest BCUT2D eigenvalue weighted by Crippen LogP contribution is -2.44. The lowest BCUT2D eigenvalue weighted by Gasteiger charge is -2.27. The Hall–Kier alpha value is -1.44. The van der Waals surface area contributed by atoms with Crippen molar-refractivity contribution < 1.29 is 4.74 Å². The Balaban J connectivity index is 1.54. The van der Waals surface area contributed by atoms with Gasteiger partial charge in [0.15, 0.2) is 5.96 Å². The molecule has 0 aliphatic carbocycles. The predicted molar refractivity (Wildman–Crippen MR) is 92.7 cm³/mol. The maximum absolute atomic E-state index is 6.03. The zero-order chi connectivity index (χ0) is 15.4. The molecule has 1 fully saturated rings. The van der Waals surface area contributed by atoms with Gasteiger partial charge in [0.2, 0.25) is 0 Å². The second-order valence-electron chi connectivity index (χ2n) is 5.11. The monoisotopic (exact) mass is 336 g/mol. The van der Waals surface area contributed by atoms with Crippen molar-refractivity contribution in [1.82, 2.24) is 9.88 Å². The molecule has 5 nitrogen and oxygen atoms in total. The molecule has 118 valence electrons. The topological polar surface area (TPSA) is 63.7 Å². The van der Waals surface area contributed by atoms with Crippen molar-refractivity contribution in [3.8, 4) is 10.6 Å². The molecule has 0 amide bonds. The Bertz CT molecular complexity index is 644. The largest absolute Gasteiger partial charge is 0.378 e. The fourth-order valence-corrected chi connectivity index (χ4v) is 3.94. The molecule has 0 aromatic carbocycles. The van der Waals surface area contributed by atoms with Crippen LogP contribution in [0.3, 0.4) is 0 Å². The molecule has 2 N–H and O–H groups in total. The van der Waals surface area contributed by atoms with Gasteiger partial charge in [-0.25, -0.2) is 4.98 Å². The summed E-state index contributed by atoms with van der Waals surface area (Å²) in [6.45, 7) is 5.89. The second-order valence-corrected chi connectivity index (χ2v) is 7.34. The molecule has 1 saturated heterocycles. The van der Waals surface area contributed by atoms with Crippen molar-refractivity contribution in [2.24, 2.45) is 10.7 Å². The summed E-state index contributed by atoms with van der Waals surface area (Å²) in [5.41, 5.74) is 7.11. The van der Waals surface area contributed by atoms with Crippen LogP contribution in [-0.4, -0.2) is 48.7 Å². The van der Waals surface area contributed by atoms with Crippen molar-refractivity contribution in [3.63, 3.8) is 0 Å². The molecule has 3 heterocycles. The van der Waals surface area contributed by atoms with Gasteiger partial charge in [0.1, 0.15) is 0 Å². The Morgan fingerprint density at radius 3 is 2.95 bits per heavy atom. The molecule has 0 unspecified atom stereocenters. The first-order valence-corrected chi connectivity index (χ1v) is 9.06. The maximum Gasteiger partial charge on any atom is 0.191 e. The fraction of sp³-hybridized carbons (Fsp3) is 0.467. The Morgan fingerprint density at radius 2 is 2.23 bits per heavy atom. The van der Waals surface area contributed by atoms with Gasteiger partial charge in [-0.1, -0.05) is 0 Å². The van der Waals surface area contributed by atoms with Crippen LogP contribution in [0.15, 0.2) is 22.5 Å². The summed E-state index contributed by atoms with van der Waals surface area (Å²) in [6, 6.07) is 4.30. The fourth-order valence-electron chi connectivity index (χ4n) is 2.30. The lowest BCUT2D eigenvalue weighted by molar-refractivity contribution is 0.0674. The average molecular weight is 336 g/mol. The summed E-state index contributed by atoms with van der Waals surface area (Å²) in [7, 11) is 0. The summed E-state index contributed by atoms with van der Waals surface area (Å²) < 4.78 is 5.31. The highest BCUT2D eigenvalue weighted by molar-refractivity contribution is 7.16. The number of thiazole rings is 1. The van der Waals surface area contributed by atoms with Gasteiger partial charge in [-0.2, -0.15) is 0 Å². The van der Waals surface area contributed by atoms with Crippen molar-refractivity contribution in [2.45, 2.75) is 13.3 Å². The van der Waals surface area contributed by atoms with E-state index < -0.39 is 0 Å². The molecule has 2 aromatic rings. The van der Waals surface area contributed by atoms with Gasteiger partial charge < -0.3 is 15.4 Å². The molecule has 22 heavy (non-hydrogen) atoms. The predicted octanol–water partition coefficient (Wildman–Crippen LogP) is 2.37. The zero-order valence-corrected chi connectivity index (χ0v) is 14.3. The molecule has 7 heteroatoms. The van der Waals surface area contributed by atoms with Crippen LogP contribution in [-0.2, 0) is 11.2 Å². The van der Waals surface area contributed by atoms with E-state index in [0.717, 1.165) is 50.0 Å². The van der Waals surface area contributed by atoms with Crippen LogP contribution < -0.4 is 5.73 Å². The van der Waals surface area contributed by atoms with Crippen LogP contribution in [0, 0.1) is 6.92 Å².